The van der Waals surface area contributed by atoms with Crippen molar-refractivity contribution in [2.75, 3.05) is 19.7 Å². The molecule has 24 heavy (non-hydrogen) atoms. The normalized spacial score (nSPS) is 11.9. The van der Waals surface area contributed by atoms with Gasteiger partial charge in [0.2, 0.25) is 0 Å². The van der Waals surface area contributed by atoms with Crippen molar-refractivity contribution in [2.24, 2.45) is 0 Å². The van der Waals surface area contributed by atoms with Crippen LogP contribution in [-0.4, -0.2) is 35.5 Å². The molecule has 6 heteroatoms. The van der Waals surface area contributed by atoms with Gasteiger partial charge in [-0.05, 0) is 48.5 Å². The number of likely N-dealkylation sites (N-methyl/N-ethyl adjacent to an activating group) is 1. The average Bonchev–Trinajstić information content (AvgIpc) is 2.56. The van der Waals surface area contributed by atoms with Crippen molar-refractivity contribution < 1.29 is 9.90 Å². The Hall–Kier alpha value is -1.10. The number of rotatable bonds is 7. The number of Topliss-reactive ketones (excluding diaryl/α,β-unsaturated/α-hetero) is 1. The van der Waals surface area contributed by atoms with Gasteiger partial charge in [-0.2, -0.15) is 0 Å². The summed E-state index contributed by atoms with van der Waals surface area (Å²) in [6.45, 7) is 3.02. The van der Waals surface area contributed by atoms with Gasteiger partial charge in [-0.15, -0.1) is 12.4 Å². The first-order valence-corrected chi connectivity index (χ1v) is 8.22. The van der Waals surface area contributed by atoms with E-state index >= 15 is 0 Å². The second kappa shape index (κ2) is 10.0. The molecule has 1 unspecified atom stereocenters. The van der Waals surface area contributed by atoms with Crippen molar-refractivity contribution >= 4 is 41.4 Å². The monoisotopic (exact) mass is 387 g/mol. The third-order valence-electron chi connectivity index (χ3n) is 3.72. The molecule has 2 aromatic rings. The van der Waals surface area contributed by atoms with Crippen LogP contribution in [0.5, 0.6) is 0 Å². The number of halogens is 3. The maximum atomic E-state index is 13.0. The van der Waals surface area contributed by atoms with Gasteiger partial charge in [0.05, 0.1) is 12.6 Å². The number of ketones is 1. The Kier molecular flexibility index (Phi) is 8.74. The van der Waals surface area contributed by atoms with Crippen molar-refractivity contribution in [3.63, 3.8) is 0 Å². The summed E-state index contributed by atoms with van der Waals surface area (Å²) in [5.74, 6) is -0.0284. The molecule has 0 heterocycles. The van der Waals surface area contributed by atoms with Crippen molar-refractivity contribution in [2.45, 2.75) is 13.0 Å². The third-order valence-corrected chi connectivity index (χ3v) is 4.23. The van der Waals surface area contributed by atoms with Crippen LogP contribution >= 0.6 is 35.6 Å². The molecule has 0 fully saturated rings. The molecule has 0 radical (unpaired) electrons. The van der Waals surface area contributed by atoms with Gasteiger partial charge in [0.25, 0.3) is 0 Å². The molecule has 0 aliphatic rings. The van der Waals surface area contributed by atoms with Gasteiger partial charge in [-0.1, -0.05) is 42.3 Å². The predicted molar refractivity (Wildman–Crippen MR) is 102 cm³/mol. The van der Waals surface area contributed by atoms with E-state index in [4.69, 9.17) is 23.2 Å². The third kappa shape index (κ3) is 5.20. The fourth-order valence-corrected chi connectivity index (χ4v) is 2.80. The molecule has 0 amide bonds. The van der Waals surface area contributed by atoms with E-state index in [1.807, 2.05) is 24.0 Å². The molecule has 2 rings (SSSR count). The highest BCUT2D eigenvalue weighted by Gasteiger charge is 2.27. The molecular weight excluding hydrogens is 369 g/mol. The zero-order chi connectivity index (χ0) is 16.8. The van der Waals surface area contributed by atoms with Crippen LogP contribution < -0.4 is 0 Å². The summed E-state index contributed by atoms with van der Waals surface area (Å²) in [6.07, 6.45) is 0. The van der Waals surface area contributed by atoms with Gasteiger partial charge >= 0.3 is 0 Å². The minimum absolute atomic E-state index is 0. The number of carbonyl (C=O) groups excluding carboxylic acids is 1. The Morgan fingerprint density at radius 3 is 2.00 bits per heavy atom. The highest BCUT2D eigenvalue weighted by molar-refractivity contribution is 6.31. The molecule has 1 N–H and O–H groups in total. The number of nitrogens with zero attached hydrogens (tertiary/aromatic N) is 1. The van der Waals surface area contributed by atoms with Crippen LogP contribution in [0.1, 0.15) is 28.9 Å². The topological polar surface area (TPSA) is 40.5 Å². The minimum Gasteiger partial charge on any atom is -0.395 e. The standard InChI is InChI=1S/C18H19Cl2NO2.ClH/c1-2-21(11-12-22)17(13-3-7-15(19)8-4-13)18(23)14-5-9-16(20)10-6-14;/h3-10,17,22H,2,11-12H2,1H3;1H. The van der Waals surface area contributed by atoms with Gasteiger partial charge in [0, 0.05) is 22.2 Å². The molecule has 3 nitrogen and oxygen atoms in total. The number of hydrogen-bond acceptors (Lipinski definition) is 3. The number of carbonyl (C=O) groups is 1. The molecule has 0 saturated heterocycles. The first kappa shape index (κ1) is 20.9. The highest BCUT2D eigenvalue weighted by atomic mass is 35.5. The average molecular weight is 389 g/mol. The number of benzene rings is 2. The van der Waals surface area contributed by atoms with Crippen LogP contribution in [-0.2, 0) is 0 Å². The first-order valence-electron chi connectivity index (χ1n) is 7.47. The van der Waals surface area contributed by atoms with E-state index in [0.717, 1.165) is 5.56 Å². The van der Waals surface area contributed by atoms with Crippen LogP contribution in [0.2, 0.25) is 10.0 Å². The van der Waals surface area contributed by atoms with Crippen LogP contribution in [0.3, 0.4) is 0 Å². The fraction of sp³-hybridized carbons (Fsp3) is 0.278. The van der Waals surface area contributed by atoms with Crippen LogP contribution in [0, 0.1) is 0 Å². The Morgan fingerprint density at radius 2 is 1.54 bits per heavy atom. The Balaban J connectivity index is 0.00000288. The Bertz CT molecular complexity index is 644. The predicted octanol–water partition coefficient (Wildman–Crippen LogP) is 4.65. The van der Waals surface area contributed by atoms with Gasteiger partial charge < -0.3 is 5.11 Å². The van der Waals surface area contributed by atoms with Gasteiger partial charge in [-0.3, -0.25) is 9.69 Å². The molecule has 2 aromatic carbocycles. The largest absolute Gasteiger partial charge is 0.395 e. The van der Waals surface area contributed by atoms with Gasteiger partial charge in [0.15, 0.2) is 5.78 Å². The van der Waals surface area contributed by atoms with Gasteiger partial charge in [-0.25, -0.2) is 0 Å². The maximum Gasteiger partial charge on any atom is 0.184 e. The van der Waals surface area contributed by atoms with E-state index in [0.29, 0.717) is 28.7 Å². The molecule has 0 saturated carbocycles. The first-order chi connectivity index (χ1) is 11.1. The molecule has 0 aliphatic carbocycles. The Morgan fingerprint density at radius 1 is 1.04 bits per heavy atom. The Labute approximate surface area is 158 Å². The van der Waals surface area contributed by atoms with E-state index in [2.05, 4.69) is 0 Å². The highest BCUT2D eigenvalue weighted by Crippen LogP contribution is 2.27. The van der Waals surface area contributed by atoms with Crippen molar-refractivity contribution in [3.8, 4) is 0 Å². The zero-order valence-electron chi connectivity index (χ0n) is 13.3. The van der Waals surface area contributed by atoms with Crippen molar-refractivity contribution in [3.05, 3.63) is 69.7 Å². The van der Waals surface area contributed by atoms with E-state index in [9.17, 15) is 9.90 Å². The van der Waals surface area contributed by atoms with E-state index in [-0.39, 0.29) is 24.8 Å². The smallest absolute Gasteiger partial charge is 0.184 e. The molecule has 0 bridgehead atoms. The van der Waals surface area contributed by atoms with E-state index in [1.165, 1.54) is 0 Å². The summed E-state index contributed by atoms with van der Waals surface area (Å²) in [7, 11) is 0. The fourth-order valence-electron chi connectivity index (χ4n) is 2.54. The summed E-state index contributed by atoms with van der Waals surface area (Å²) in [4.78, 5) is 15.0. The second-order valence-corrected chi connectivity index (χ2v) is 6.05. The lowest BCUT2D eigenvalue weighted by Gasteiger charge is -2.29. The van der Waals surface area contributed by atoms with Gasteiger partial charge in [0.1, 0.15) is 0 Å². The van der Waals surface area contributed by atoms with Crippen molar-refractivity contribution in [1.29, 1.82) is 0 Å². The summed E-state index contributed by atoms with van der Waals surface area (Å²) in [6, 6.07) is 13.6. The quantitative estimate of drug-likeness (QED) is 0.702. The number of hydrogen-bond donors (Lipinski definition) is 1. The molecule has 0 spiro atoms. The number of aliphatic hydroxyl groups is 1. The lowest BCUT2D eigenvalue weighted by molar-refractivity contribution is 0.0793. The molecular formula is C18H20Cl3NO2. The van der Waals surface area contributed by atoms with Crippen LogP contribution in [0.15, 0.2) is 48.5 Å². The zero-order valence-corrected chi connectivity index (χ0v) is 15.6. The molecule has 130 valence electrons. The van der Waals surface area contributed by atoms with E-state index in [1.54, 1.807) is 36.4 Å². The summed E-state index contributed by atoms with van der Waals surface area (Å²) < 4.78 is 0. The van der Waals surface area contributed by atoms with Crippen LogP contribution in [0.25, 0.3) is 0 Å². The summed E-state index contributed by atoms with van der Waals surface area (Å²) >= 11 is 11.9. The molecule has 0 aliphatic heterocycles. The lowest BCUT2D eigenvalue weighted by Crippen LogP contribution is -2.36. The molecule has 1 atom stereocenters. The summed E-state index contributed by atoms with van der Waals surface area (Å²) in [5.41, 5.74) is 1.44. The minimum atomic E-state index is -0.467. The maximum absolute atomic E-state index is 13.0. The lowest BCUT2D eigenvalue weighted by atomic mass is 9.96. The van der Waals surface area contributed by atoms with Crippen LogP contribution in [0.4, 0.5) is 0 Å². The summed E-state index contributed by atoms with van der Waals surface area (Å²) in [5, 5.41) is 10.5. The SMILES string of the molecule is CCN(CCO)C(C(=O)c1ccc(Cl)cc1)c1ccc(Cl)cc1.Cl. The number of aliphatic hydroxyl groups excluding tert-OH is 1. The van der Waals surface area contributed by atoms with E-state index < -0.39 is 6.04 Å². The van der Waals surface area contributed by atoms with Crippen molar-refractivity contribution in [1.82, 2.24) is 4.90 Å². The molecule has 0 aromatic heterocycles. The second-order valence-electron chi connectivity index (χ2n) is 5.18.